The Balaban J connectivity index is 4.41. The molecule has 0 bridgehead atoms. The van der Waals surface area contributed by atoms with Crippen molar-refractivity contribution in [3.05, 3.63) is 0 Å². The summed E-state index contributed by atoms with van der Waals surface area (Å²) in [5.74, 6) is -1.77. The highest BCUT2D eigenvalue weighted by Gasteiger charge is 2.25. The fourth-order valence-electron chi connectivity index (χ4n) is 0.937. The fourth-order valence-corrected chi connectivity index (χ4v) is 0.937. The van der Waals surface area contributed by atoms with Crippen LogP contribution in [0.1, 0.15) is 27.2 Å². The zero-order valence-electron chi connectivity index (χ0n) is 10.4. The lowest BCUT2D eigenvalue weighted by atomic mass is 10.2. The van der Waals surface area contributed by atoms with Crippen LogP contribution in [0.15, 0.2) is 0 Å². The highest BCUT2D eigenvalue weighted by molar-refractivity contribution is 5.87. The van der Waals surface area contributed by atoms with Gasteiger partial charge in [-0.1, -0.05) is 0 Å². The van der Waals surface area contributed by atoms with Crippen LogP contribution < -0.4 is 10.6 Å². The van der Waals surface area contributed by atoms with Gasteiger partial charge in [-0.05, 0) is 20.8 Å². The lowest BCUT2D eigenvalue weighted by molar-refractivity contribution is -0.141. The van der Waals surface area contributed by atoms with Crippen molar-refractivity contribution in [1.29, 1.82) is 0 Å². The van der Waals surface area contributed by atoms with Crippen LogP contribution in [0, 0.1) is 0 Å². The van der Waals surface area contributed by atoms with Gasteiger partial charge in [0.25, 0.3) is 0 Å². The summed E-state index contributed by atoms with van der Waals surface area (Å²) in [6.45, 7) is 4.96. The Hall–Kier alpha value is -1.79. The minimum atomic E-state index is -1.30. The van der Waals surface area contributed by atoms with Crippen LogP contribution in [0.4, 0.5) is 4.79 Å². The fraction of sp³-hybridized carbons (Fsp3) is 0.700. The van der Waals surface area contributed by atoms with Gasteiger partial charge in [-0.3, -0.25) is 4.79 Å². The molecule has 0 aliphatic heterocycles. The molecule has 0 radical (unpaired) electrons. The summed E-state index contributed by atoms with van der Waals surface area (Å²) in [4.78, 5) is 33.1. The molecule has 0 saturated carbocycles. The first kappa shape index (κ1) is 15.2. The van der Waals surface area contributed by atoms with E-state index < -0.39 is 29.6 Å². The van der Waals surface area contributed by atoms with Gasteiger partial charge >= 0.3 is 12.1 Å². The first-order valence-electron chi connectivity index (χ1n) is 5.08. The molecule has 0 spiro atoms. The van der Waals surface area contributed by atoms with Crippen molar-refractivity contribution in [3.63, 3.8) is 0 Å². The molecule has 0 aliphatic carbocycles. The molecule has 2 amide bonds. The molecular weight excluding hydrogens is 228 g/mol. The highest BCUT2D eigenvalue weighted by Crippen LogP contribution is 2.07. The lowest BCUT2D eigenvalue weighted by Crippen LogP contribution is -2.45. The summed E-state index contributed by atoms with van der Waals surface area (Å²) in [7, 11) is 1.38. The third-order valence-corrected chi connectivity index (χ3v) is 1.66. The van der Waals surface area contributed by atoms with Gasteiger partial charge < -0.3 is 20.5 Å². The van der Waals surface area contributed by atoms with Crippen LogP contribution in [0.5, 0.6) is 0 Å². The molecule has 7 nitrogen and oxygen atoms in total. The number of amides is 2. The van der Waals surface area contributed by atoms with E-state index in [0.29, 0.717) is 0 Å². The quantitative estimate of drug-likeness (QED) is 0.652. The Morgan fingerprint density at radius 1 is 1.29 bits per heavy atom. The van der Waals surface area contributed by atoms with Crippen molar-refractivity contribution in [2.75, 3.05) is 7.05 Å². The number of hydrogen-bond donors (Lipinski definition) is 3. The molecule has 0 aromatic rings. The third-order valence-electron chi connectivity index (χ3n) is 1.66. The van der Waals surface area contributed by atoms with Crippen LogP contribution in [-0.2, 0) is 14.3 Å². The van der Waals surface area contributed by atoms with Crippen molar-refractivity contribution in [2.45, 2.75) is 38.8 Å². The molecular formula is C10H18N2O5. The number of ether oxygens (including phenoxy) is 1. The van der Waals surface area contributed by atoms with E-state index in [4.69, 9.17) is 9.84 Å². The number of carbonyl (C=O) groups is 3. The first-order valence-corrected chi connectivity index (χ1v) is 5.08. The molecule has 7 heteroatoms. The minimum Gasteiger partial charge on any atom is -0.480 e. The number of nitrogens with one attached hydrogen (secondary N) is 2. The Bertz CT molecular complexity index is 308. The van der Waals surface area contributed by atoms with Gasteiger partial charge in [-0.2, -0.15) is 0 Å². The average molecular weight is 246 g/mol. The molecule has 0 rings (SSSR count). The second-order valence-corrected chi connectivity index (χ2v) is 4.41. The maximum absolute atomic E-state index is 11.3. The zero-order valence-corrected chi connectivity index (χ0v) is 10.4. The first-order chi connectivity index (χ1) is 7.65. The van der Waals surface area contributed by atoms with Gasteiger partial charge in [-0.15, -0.1) is 0 Å². The third kappa shape index (κ3) is 7.15. The number of hydrogen-bond acceptors (Lipinski definition) is 4. The molecule has 1 unspecified atom stereocenters. The molecule has 3 N–H and O–H groups in total. The predicted octanol–water partition coefficient (Wildman–Crippen LogP) is 0.100. The number of aliphatic carboxylic acids is 1. The van der Waals surface area contributed by atoms with Crippen molar-refractivity contribution >= 4 is 18.0 Å². The molecule has 17 heavy (non-hydrogen) atoms. The van der Waals surface area contributed by atoms with Gasteiger partial charge in [0.05, 0.1) is 6.42 Å². The number of carboxylic acid groups (broad SMARTS) is 1. The van der Waals surface area contributed by atoms with Crippen LogP contribution >= 0.6 is 0 Å². The number of carbonyl (C=O) groups excluding carboxylic acids is 2. The summed E-state index contributed by atoms with van der Waals surface area (Å²) >= 11 is 0. The number of carboxylic acids is 1. The second kappa shape index (κ2) is 6.07. The predicted molar refractivity (Wildman–Crippen MR) is 59.5 cm³/mol. The van der Waals surface area contributed by atoms with E-state index in [1.54, 1.807) is 20.8 Å². The highest BCUT2D eigenvalue weighted by atomic mass is 16.6. The second-order valence-electron chi connectivity index (χ2n) is 4.41. The molecule has 0 fully saturated rings. The van der Waals surface area contributed by atoms with Crippen molar-refractivity contribution in [3.8, 4) is 0 Å². The van der Waals surface area contributed by atoms with E-state index in [1.807, 2.05) is 0 Å². The van der Waals surface area contributed by atoms with E-state index >= 15 is 0 Å². The van der Waals surface area contributed by atoms with Gasteiger partial charge in [0.2, 0.25) is 5.91 Å². The smallest absolute Gasteiger partial charge is 0.408 e. The Morgan fingerprint density at radius 3 is 2.18 bits per heavy atom. The summed E-state index contributed by atoms with van der Waals surface area (Å²) in [6.07, 6.45) is -1.21. The average Bonchev–Trinajstić information content (AvgIpc) is 2.13. The Morgan fingerprint density at radius 2 is 1.82 bits per heavy atom. The molecule has 0 saturated heterocycles. The van der Waals surface area contributed by atoms with Gasteiger partial charge in [-0.25, -0.2) is 9.59 Å². The molecule has 0 aromatic carbocycles. The van der Waals surface area contributed by atoms with Crippen LogP contribution in [0.3, 0.4) is 0 Å². The van der Waals surface area contributed by atoms with Crippen LogP contribution in [0.2, 0.25) is 0 Å². The van der Waals surface area contributed by atoms with E-state index in [0.717, 1.165) is 0 Å². The largest absolute Gasteiger partial charge is 0.480 e. The maximum Gasteiger partial charge on any atom is 0.408 e. The van der Waals surface area contributed by atoms with Gasteiger partial charge in [0.15, 0.2) is 0 Å². The molecule has 0 heterocycles. The summed E-state index contributed by atoms with van der Waals surface area (Å²) in [5, 5.41) is 13.2. The lowest BCUT2D eigenvalue weighted by Gasteiger charge is -2.21. The number of rotatable bonds is 4. The monoisotopic (exact) mass is 246 g/mol. The van der Waals surface area contributed by atoms with E-state index in [-0.39, 0.29) is 6.42 Å². The minimum absolute atomic E-state index is 0.342. The SMILES string of the molecule is CNC(=O)CC(NC(=O)OC(C)(C)C)C(=O)O. The standard InChI is InChI=1S/C10H18N2O5/c1-10(2,3)17-9(16)12-6(8(14)15)5-7(13)11-4/h6H,5H2,1-4H3,(H,11,13)(H,12,16)(H,14,15). The molecule has 1 atom stereocenters. The van der Waals surface area contributed by atoms with E-state index in [1.165, 1.54) is 7.05 Å². The van der Waals surface area contributed by atoms with Crippen molar-refractivity contribution < 1.29 is 24.2 Å². The van der Waals surface area contributed by atoms with E-state index in [9.17, 15) is 14.4 Å². The summed E-state index contributed by atoms with van der Waals surface area (Å²) in [5.41, 5.74) is -0.722. The summed E-state index contributed by atoms with van der Waals surface area (Å²) < 4.78 is 4.89. The Kier molecular flexibility index (Phi) is 5.43. The maximum atomic E-state index is 11.3. The topological polar surface area (TPSA) is 105 Å². The van der Waals surface area contributed by atoms with Crippen LogP contribution in [0.25, 0.3) is 0 Å². The Labute approximate surface area is 99.5 Å². The van der Waals surface area contributed by atoms with Crippen molar-refractivity contribution in [1.82, 2.24) is 10.6 Å². The molecule has 0 aromatic heterocycles. The molecule has 98 valence electrons. The zero-order chi connectivity index (χ0) is 13.6. The van der Waals surface area contributed by atoms with Crippen molar-refractivity contribution in [2.24, 2.45) is 0 Å². The number of alkyl carbamates (subject to hydrolysis) is 1. The molecule has 0 aliphatic rings. The van der Waals surface area contributed by atoms with Gasteiger partial charge in [0, 0.05) is 7.05 Å². The normalized spacial score (nSPS) is 12.5. The summed E-state index contributed by atoms with van der Waals surface area (Å²) in [6, 6.07) is -1.30. The van der Waals surface area contributed by atoms with Crippen LogP contribution in [-0.4, -0.2) is 41.8 Å². The van der Waals surface area contributed by atoms with Gasteiger partial charge in [0.1, 0.15) is 11.6 Å². The van der Waals surface area contributed by atoms with E-state index in [2.05, 4.69) is 10.6 Å².